The number of pyridine rings is 1. The molecule has 2 aromatic heterocycles. The summed E-state index contributed by atoms with van der Waals surface area (Å²) in [5.74, 6) is 0.944. The Morgan fingerprint density at radius 2 is 1.94 bits per heavy atom. The average Bonchev–Trinajstić information content (AvgIpc) is 3.17. The van der Waals surface area contributed by atoms with Gasteiger partial charge in [0.1, 0.15) is 5.82 Å². The minimum absolute atomic E-state index is 0.0708. The molecular weight excluding hydrogens is 403 g/mol. The number of fused-ring (bicyclic) bond motifs is 1. The molecule has 0 radical (unpaired) electrons. The fourth-order valence-corrected chi connectivity index (χ4v) is 4.06. The molecule has 3 heterocycles. The third-order valence-electron chi connectivity index (χ3n) is 5.91. The smallest absolute Gasteiger partial charge is 0.344 e. The molecule has 1 saturated heterocycles. The first-order valence-corrected chi connectivity index (χ1v) is 10.4. The van der Waals surface area contributed by atoms with Crippen molar-refractivity contribution >= 4 is 16.6 Å². The first-order valence-electron chi connectivity index (χ1n) is 10.4. The standard InChI is InChI=1S/C23H26F3N5/c1-16(17-5-8-31(9-6-17)10-7-23(24,25)26)29-22-12-20-11-18(3-4-19(20)13-28-22)21-14-27-15-30(21)2/h3-4,11-15,17H,1,5-10H2,2H3,(H,28,29). The molecule has 0 aliphatic carbocycles. The highest BCUT2D eigenvalue weighted by Crippen LogP contribution is 2.28. The lowest BCUT2D eigenvalue weighted by atomic mass is 9.94. The number of likely N-dealkylation sites (tertiary alicyclic amines) is 1. The molecule has 0 saturated carbocycles. The van der Waals surface area contributed by atoms with Crippen LogP contribution >= 0.6 is 0 Å². The number of halogens is 3. The highest BCUT2D eigenvalue weighted by molar-refractivity contribution is 5.88. The van der Waals surface area contributed by atoms with E-state index in [1.165, 1.54) is 0 Å². The summed E-state index contributed by atoms with van der Waals surface area (Å²) in [6.07, 6.45) is 2.18. The molecule has 1 aromatic carbocycles. The van der Waals surface area contributed by atoms with Crippen LogP contribution in [-0.4, -0.2) is 45.2 Å². The fraction of sp³-hybridized carbons (Fsp3) is 0.391. The lowest BCUT2D eigenvalue weighted by molar-refractivity contribution is -0.138. The summed E-state index contributed by atoms with van der Waals surface area (Å²) < 4.78 is 39.3. The fourth-order valence-electron chi connectivity index (χ4n) is 4.06. The normalized spacial score (nSPS) is 16.0. The lowest BCUT2D eigenvalue weighted by Gasteiger charge is -2.33. The predicted octanol–water partition coefficient (Wildman–Crippen LogP) is 5.23. The van der Waals surface area contributed by atoms with Crippen LogP contribution in [0.25, 0.3) is 22.0 Å². The summed E-state index contributed by atoms with van der Waals surface area (Å²) in [6.45, 7) is 5.55. The number of rotatable bonds is 6. The van der Waals surface area contributed by atoms with E-state index in [4.69, 9.17) is 0 Å². The van der Waals surface area contributed by atoms with Crippen molar-refractivity contribution < 1.29 is 13.2 Å². The Morgan fingerprint density at radius 3 is 2.61 bits per heavy atom. The number of nitrogens with one attached hydrogen (secondary N) is 1. The summed E-state index contributed by atoms with van der Waals surface area (Å²) in [4.78, 5) is 10.6. The summed E-state index contributed by atoms with van der Waals surface area (Å²) in [5, 5.41) is 5.42. The first-order chi connectivity index (χ1) is 14.8. The molecule has 0 amide bonds. The second kappa shape index (κ2) is 8.70. The van der Waals surface area contributed by atoms with Crippen LogP contribution in [0, 0.1) is 5.92 Å². The minimum Gasteiger partial charge on any atom is -0.344 e. The van der Waals surface area contributed by atoms with Crippen molar-refractivity contribution in [3.05, 3.63) is 55.3 Å². The monoisotopic (exact) mass is 429 g/mol. The number of anilines is 1. The van der Waals surface area contributed by atoms with Crippen molar-refractivity contribution in [2.45, 2.75) is 25.4 Å². The highest BCUT2D eigenvalue weighted by Gasteiger charge is 2.29. The van der Waals surface area contributed by atoms with Crippen LogP contribution in [-0.2, 0) is 7.05 Å². The molecule has 164 valence electrons. The molecule has 8 heteroatoms. The molecular formula is C23H26F3N5. The SMILES string of the molecule is C=C(Nc1cc2cc(-c3cncn3C)ccc2cn1)C1CCN(CCC(F)(F)F)CC1. The number of aryl methyl sites for hydroxylation is 1. The van der Waals surface area contributed by atoms with Gasteiger partial charge >= 0.3 is 6.18 Å². The van der Waals surface area contributed by atoms with Gasteiger partial charge in [-0.2, -0.15) is 13.2 Å². The van der Waals surface area contributed by atoms with Gasteiger partial charge in [0.05, 0.1) is 24.6 Å². The third kappa shape index (κ3) is 5.25. The van der Waals surface area contributed by atoms with Gasteiger partial charge in [0.2, 0.25) is 0 Å². The lowest BCUT2D eigenvalue weighted by Crippen LogP contribution is -2.37. The van der Waals surface area contributed by atoms with Crippen molar-refractivity contribution in [1.29, 1.82) is 0 Å². The molecule has 4 rings (SSSR count). The van der Waals surface area contributed by atoms with E-state index in [9.17, 15) is 13.2 Å². The van der Waals surface area contributed by atoms with Gasteiger partial charge in [0.25, 0.3) is 0 Å². The number of piperidine rings is 1. The second-order valence-electron chi connectivity index (χ2n) is 8.15. The Morgan fingerprint density at radius 1 is 1.16 bits per heavy atom. The molecule has 5 nitrogen and oxygen atoms in total. The minimum atomic E-state index is -4.10. The van der Waals surface area contributed by atoms with Crippen molar-refractivity contribution in [2.24, 2.45) is 13.0 Å². The quantitative estimate of drug-likeness (QED) is 0.583. The topological polar surface area (TPSA) is 46.0 Å². The van der Waals surface area contributed by atoms with Gasteiger partial charge in [0.15, 0.2) is 0 Å². The summed E-state index contributed by atoms with van der Waals surface area (Å²) in [6, 6.07) is 8.21. The molecule has 31 heavy (non-hydrogen) atoms. The molecule has 3 aromatic rings. The second-order valence-corrected chi connectivity index (χ2v) is 8.15. The zero-order valence-corrected chi connectivity index (χ0v) is 17.5. The Hall–Kier alpha value is -2.87. The van der Waals surface area contributed by atoms with Gasteiger partial charge in [-0.05, 0) is 43.5 Å². The zero-order valence-electron chi connectivity index (χ0n) is 17.5. The van der Waals surface area contributed by atoms with Crippen LogP contribution in [0.4, 0.5) is 19.0 Å². The Labute approximate surface area is 179 Å². The summed E-state index contributed by atoms with van der Waals surface area (Å²) >= 11 is 0. The van der Waals surface area contributed by atoms with Gasteiger partial charge in [-0.3, -0.25) is 0 Å². The van der Waals surface area contributed by atoms with E-state index in [0.717, 1.165) is 46.4 Å². The molecule has 0 spiro atoms. The van der Waals surface area contributed by atoms with E-state index in [2.05, 4.69) is 34.0 Å². The first kappa shape index (κ1) is 21.4. The van der Waals surface area contributed by atoms with Gasteiger partial charge in [0, 0.05) is 42.4 Å². The van der Waals surface area contributed by atoms with Crippen LogP contribution in [0.5, 0.6) is 0 Å². The van der Waals surface area contributed by atoms with Gasteiger partial charge in [-0.1, -0.05) is 18.7 Å². The van der Waals surface area contributed by atoms with Crippen molar-refractivity contribution in [1.82, 2.24) is 19.4 Å². The third-order valence-corrected chi connectivity index (χ3v) is 5.91. The molecule has 1 N–H and O–H groups in total. The number of allylic oxidation sites excluding steroid dienone is 1. The van der Waals surface area contributed by atoms with Gasteiger partial charge in [-0.15, -0.1) is 0 Å². The number of aromatic nitrogens is 3. The van der Waals surface area contributed by atoms with E-state index < -0.39 is 12.6 Å². The molecule has 0 bridgehead atoms. The summed E-state index contributed by atoms with van der Waals surface area (Å²) in [5.41, 5.74) is 2.98. The van der Waals surface area contributed by atoms with E-state index in [-0.39, 0.29) is 12.5 Å². The number of imidazole rings is 1. The molecule has 0 atom stereocenters. The van der Waals surface area contributed by atoms with E-state index in [0.29, 0.717) is 13.1 Å². The number of nitrogens with zero attached hydrogens (tertiary/aromatic N) is 4. The molecule has 1 aliphatic heterocycles. The van der Waals surface area contributed by atoms with Crippen molar-refractivity contribution in [2.75, 3.05) is 25.0 Å². The van der Waals surface area contributed by atoms with Crippen LogP contribution in [0.2, 0.25) is 0 Å². The number of hydrogen-bond acceptors (Lipinski definition) is 4. The van der Waals surface area contributed by atoms with Crippen LogP contribution < -0.4 is 5.32 Å². The average molecular weight is 429 g/mol. The van der Waals surface area contributed by atoms with Crippen molar-refractivity contribution in [3.8, 4) is 11.3 Å². The summed E-state index contributed by atoms with van der Waals surface area (Å²) in [7, 11) is 1.96. The molecule has 0 unspecified atom stereocenters. The molecule has 1 fully saturated rings. The van der Waals surface area contributed by atoms with Gasteiger partial charge in [-0.25, -0.2) is 9.97 Å². The van der Waals surface area contributed by atoms with E-state index in [1.807, 2.05) is 41.0 Å². The number of alkyl halides is 3. The number of benzene rings is 1. The van der Waals surface area contributed by atoms with Gasteiger partial charge < -0.3 is 14.8 Å². The maximum Gasteiger partial charge on any atom is 0.390 e. The van der Waals surface area contributed by atoms with Crippen LogP contribution in [0.3, 0.4) is 0 Å². The zero-order chi connectivity index (χ0) is 22.0. The largest absolute Gasteiger partial charge is 0.390 e. The van der Waals surface area contributed by atoms with E-state index in [1.54, 1.807) is 6.33 Å². The Kier molecular flexibility index (Phi) is 6.00. The van der Waals surface area contributed by atoms with Crippen molar-refractivity contribution in [3.63, 3.8) is 0 Å². The Balaban J connectivity index is 1.39. The maximum atomic E-state index is 12.4. The molecule has 1 aliphatic rings. The van der Waals surface area contributed by atoms with E-state index >= 15 is 0 Å². The Bertz CT molecular complexity index is 1060. The predicted molar refractivity (Wildman–Crippen MR) is 117 cm³/mol. The maximum absolute atomic E-state index is 12.4. The highest BCUT2D eigenvalue weighted by atomic mass is 19.4. The van der Waals surface area contributed by atoms with Crippen LogP contribution in [0.1, 0.15) is 19.3 Å². The number of hydrogen-bond donors (Lipinski definition) is 1. The van der Waals surface area contributed by atoms with Crippen LogP contribution in [0.15, 0.2) is 55.3 Å².